The summed E-state index contributed by atoms with van der Waals surface area (Å²) in [7, 11) is 0. The van der Waals surface area contributed by atoms with Crippen molar-refractivity contribution in [3.63, 3.8) is 0 Å². The van der Waals surface area contributed by atoms with E-state index in [2.05, 4.69) is 30.6 Å². The monoisotopic (exact) mass is 298 g/mol. The Hall–Kier alpha value is -2.87. The average molecular weight is 298 g/mol. The predicted molar refractivity (Wildman–Crippen MR) is 80.0 cm³/mol. The molecule has 3 aromatic rings. The summed E-state index contributed by atoms with van der Waals surface area (Å²) in [4.78, 5) is 28.0. The van der Waals surface area contributed by atoms with Crippen LogP contribution in [0.25, 0.3) is 11.3 Å². The third kappa shape index (κ3) is 3.37. The lowest BCUT2D eigenvalue weighted by molar-refractivity contribution is 0.262. The van der Waals surface area contributed by atoms with Crippen molar-refractivity contribution in [3.8, 4) is 11.3 Å². The molecular formula is C13H10N6OS. The standard InChI is InChI=1S/C13H10N6OS/c20-12(18-11-7-15-4-5-16-11)19-13-17-10(8-21-13)9-2-1-3-14-6-9/h1-8H,(H2,16,17,18,19,20). The first-order chi connectivity index (χ1) is 10.3. The lowest BCUT2D eigenvalue weighted by Gasteiger charge is -2.03. The average Bonchev–Trinajstić information content (AvgIpc) is 2.97. The van der Waals surface area contributed by atoms with Crippen LogP contribution in [0.5, 0.6) is 0 Å². The largest absolute Gasteiger partial charge is 0.326 e. The van der Waals surface area contributed by atoms with Gasteiger partial charge in [0.25, 0.3) is 0 Å². The fraction of sp³-hybridized carbons (Fsp3) is 0. The van der Waals surface area contributed by atoms with Gasteiger partial charge < -0.3 is 0 Å². The minimum atomic E-state index is -0.414. The quantitative estimate of drug-likeness (QED) is 0.775. The topological polar surface area (TPSA) is 92.7 Å². The number of hydrogen-bond donors (Lipinski definition) is 2. The van der Waals surface area contributed by atoms with Gasteiger partial charge in [0.15, 0.2) is 10.9 Å². The molecule has 3 rings (SSSR count). The maximum absolute atomic E-state index is 11.8. The van der Waals surface area contributed by atoms with E-state index in [0.717, 1.165) is 11.3 Å². The molecule has 2 N–H and O–H groups in total. The molecule has 3 aromatic heterocycles. The summed E-state index contributed by atoms with van der Waals surface area (Å²) in [6.07, 6.45) is 7.91. The Morgan fingerprint density at radius 1 is 1.10 bits per heavy atom. The number of thiazole rings is 1. The molecular weight excluding hydrogens is 288 g/mol. The smallest absolute Gasteiger partial charge is 0.291 e. The minimum Gasteiger partial charge on any atom is -0.291 e. The number of nitrogens with one attached hydrogen (secondary N) is 2. The van der Waals surface area contributed by atoms with Gasteiger partial charge in [0.2, 0.25) is 0 Å². The molecule has 3 heterocycles. The molecule has 8 heteroatoms. The second-order valence-electron chi connectivity index (χ2n) is 3.95. The predicted octanol–water partition coefficient (Wildman–Crippen LogP) is 2.64. The van der Waals surface area contributed by atoms with Crippen LogP contribution in [0.1, 0.15) is 0 Å². The fourth-order valence-corrected chi connectivity index (χ4v) is 2.30. The van der Waals surface area contributed by atoms with Crippen LogP contribution >= 0.6 is 11.3 Å². The summed E-state index contributed by atoms with van der Waals surface area (Å²) < 4.78 is 0. The second kappa shape index (κ2) is 6.06. The molecule has 0 spiro atoms. The van der Waals surface area contributed by atoms with Gasteiger partial charge >= 0.3 is 6.03 Å². The van der Waals surface area contributed by atoms with Gasteiger partial charge in [-0.2, -0.15) is 0 Å². The Morgan fingerprint density at radius 2 is 2.00 bits per heavy atom. The van der Waals surface area contributed by atoms with Crippen molar-refractivity contribution in [1.29, 1.82) is 0 Å². The Balaban J connectivity index is 1.66. The van der Waals surface area contributed by atoms with E-state index in [1.807, 2.05) is 17.5 Å². The molecule has 0 radical (unpaired) electrons. The highest BCUT2D eigenvalue weighted by Crippen LogP contribution is 2.24. The Morgan fingerprint density at radius 3 is 2.76 bits per heavy atom. The lowest BCUT2D eigenvalue weighted by atomic mass is 10.2. The number of pyridine rings is 1. The second-order valence-corrected chi connectivity index (χ2v) is 4.81. The number of carbonyl (C=O) groups excluding carboxylic acids is 1. The molecule has 0 aliphatic heterocycles. The maximum Gasteiger partial charge on any atom is 0.326 e. The normalized spacial score (nSPS) is 10.1. The Bertz CT molecular complexity index is 731. The van der Waals surface area contributed by atoms with Crippen LogP contribution in [0.3, 0.4) is 0 Å². The third-order valence-electron chi connectivity index (χ3n) is 2.49. The van der Waals surface area contributed by atoms with Crippen molar-refractivity contribution in [2.75, 3.05) is 10.6 Å². The number of nitrogens with zero attached hydrogens (tertiary/aromatic N) is 4. The summed E-state index contributed by atoms with van der Waals surface area (Å²) in [5.41, 5.74) is 1.67. The van der Waals surface area contributed by atoms with E-state index >= 15 is 0 Å². The number of amides is 2. The molecule has 0 fully saturated rings. The van der Waals surface area contributed by atoms with Crippen LogP contribution in [0.4, 0.5) is 15.7 Å². The van der Waals surface area contributed by atoms with Gasteiger partial charge in [0.05, 0.1) is 11.9 Å². The van der Waals surface area contributed by atoms with Crippen LogP contribution in [0.2, 0.25) is 0 Å². The Kier molecular flexibility index (Phi) is 3.79. The third-order valence-corrected chi connectivity index (χ3v) is 3.24. The summed E-state index contributed by atoms with van der Waals surface area (Å²) in [5, 5.41) is 7.57. The first kappa shape index (κ1) is 13.1. The molecule has 0 aliphatic rings. The summed E-state index contributed by atoms with van der Waals surface area (Å²) in [5.74, 6) is 0.374. The SMILES string of the molecule is O=C(Nc1cnccn1)Nc1nc(-c2cccnc2)cs1. The molecule has 0 aliphatic carbocycles. The molecule has 2 amide bonds. The van der Waals surface area contributed by atoms with Crippen molar-refractivity contribution < 1.29 is 4.79 Å². The maximum atomic E-state index is 11.8. The zero-order chi connectivity index (χ0) is 14.5. The van der Waals surface area contributed by atoms with Gasteiger partial charge in [0.1, 0.15) is 0 Å². The highest BCUT2D eigenvalue weighted by molar-refractivity contribution is 7.14. The van der Waals surface area contributed by atoms with Crippen LogP contribution < -0.4 is 10.6 Å². The van der Waals surface area contributed by atoms with Crippen LogP contribution in [-0.4, -0.2) is 26.0 Å². The van der Waals surface area contributed by atoms with E-state index in [9.17, 15) is 4.79 Å². The van der Waals surface area contributed by atoms with Gasteiger partial charge in [-0.3, -0.25) is 20.6 Å². The lowest BCUT2D eigenvalue weighted by Crippen LogP contribution is -2.20. The van der Waals surface area contributed by atoms with E-state index in [-0.39, 0.29) is 0 Å². The highest BCUT2D eigenvalue weighted by Gasteiger charge is 2.08. The number of aromatic nitrogens is 4. The summed E-state index contributed by atoms with van der Waals surface area (Å²) >= 11 is 1.34. The summed E-state index contributed by atoms with van der Waals surface area (Å²) in [6.45, 7) is 0. The molecule has 0 bridgehead atoms. The van der Waals surface area contributed by atoms with Crippen molar-refractivity contribution in [2.45, 2.75) is 0 Å². The molecule has 0 saturated carbocycles. The molecule has 21 heavy (non-hydrogen) atoms. The van der Waals surface area contributed by atoms with Crippen LogP contribution in [0.15, 0.2) is 48.5 Å². The van der Waals surface area contributed by atoms with Gasteiger partial charge in [-0.25, -0.2) is 14.8 Å². The number of rotatable bonds is 3. The Labute approximate surface area is 124 Å². The van der Waals surface area contributed by atoms with Gasteiger partial charge in [-0.05, 0) is 12.1 Å². The van der Waals surface area contributed by atoms with E-state index in [1.165, 1.54) is 29.9 Å². The number of urea groups is 1. The van der Waals surface area contributed by atoms with Gasteiger partial charge in [-0.15, -0.1) is 11.3 Å². The summed E-state index contributed by atoms with van der Waals surface area (Å²) in [6, 6.07) is 3.33. The van der Waals surface area contributed by atoms with E-state index in [4.69, 9.17) is 0 Å². The number of hydrogen-bond acceptors (Lipinski definition) is 6. The first-order valence-corrected chi connectivity index (χ1v) is 6.89. The number of anilines is 2. The zero-order valence-corrected chi connectivity index (χ0v) is 11.5. The highest BCUT2D eigenvalue weighted by atomic mass is 32.1. The van der Waals surface area contributed by atoms with Crippen LogP contribution in [0, 0.1) is 0 Å². The molecule has 104 valence electrons. The minimum absolute atomic E-state index is 0.374. The van der Waals surface area contributed by atoms with Gasteiger partial charge in [0, 0.05) is 35.7 Å². The van der Waals surface area contributed by atoms with Crippen molar-refractivity contribution >= 4 is 28.3 Å². The van der Waals surface area contributed by atoms with E-state index in [0.29, 0.717) is 10.9 Å². The zero-order valence-electron chi connectivity index (χ0n) is 10.7. The van der Waals surface area contributed by atoms with Crippen molar-refractivity contribution in [2.24, 2.45) is 0 Å². The van der Waals surface area contributed by atoms with E-state index < -0.39 is 6.03 Å². The van der Waals surface area contributed by atoms with E-state index in [1.54, 1.807) is 12.4 Å². The van der Waals surface area contributed by atoms with Crippen molar-refractivity contribution in [1.82, 2.24) is 19.9 Å². The fourth-order valence-electron chi connectivity index (χ4n) is 1.59. The molecule has 7 nitrogen and oxygen atoms in total. The molecule has 0 atom stereocenters. The first-order valence-electron chi connectivity index (χ1n) is 6.01. The molecule has 0 aromatic carbocycles. The number of carbonyl (C=O) groups is 1. The van der Waals surface area contributed by atoms with Crippen molar-refractivity contribution in [3.05, 3.63) is 48.5 Å². The van der Waals surface area contributed by atoms with Crippen LogP contribution in [-0.2, 0) is 0 Å². The molecule has 0 unspecified atom stereocenters. The van der Waals surface area contributed by atoms with Gasteiger partial charge in [-0.1, -0.05) is 0 Å². The molecule has 0 saturated heterocycles.